The molecule has 2 aromatic rings. The molecule has 0 fully saturated rings. The molecule has 0 radical (unpaired) electrons. The molecule has 5 nitrogen and oxygen atoms in total. The van der Waals surface area contributed by atoms with E-state index in [0.29, 0.717) is 28.8 Å². The molecule has 0 atom stereocenters. The van der Waals surface area contributed by atoms with Crippen LogP contribution in [0.25, 0.3) is 11.4 Å². The quantitative estimate of drug-likeness (QED) is 0.813. The molecule has 0 aliphatic carbocycles. The van der Waals surface area contributed by atoms with Crippen LogP contribution < -0.4 is 4.90 Å². The molecule has 0 bridgehead atoms. The lowest BCUT2D eigenvalue weighted by molar-refractivity contribution is 0.0526. The number of hydrogen-bond donors (Lipinski definition) is 0. The number of carbonyl (C=O) groups is 1. The summed E-state index contributed by atoms with van der Waals surface area (Å²) in [5.41, 5.74) is 1.05. The molecule has 1 aromatic heterocycles. The van der Waals surface area contributed by atoms with Gasteiger partial charge in [0.25, 0.3) is 0 Å². The Morgan fingerprint density at radius 1 is 1.33 bits per heavy atom. The van der Waals surface area contributed by atoms with Gasteiger partial charge in [0.15, 0.2) is 5.82 Å². The van der Waals surface area contributed by atoms with Gasteiger partial charge in [0.05, 0.1) is 11.6 Å². The van der Waals surface area contributed by atoms with Gasteiger partial charge in [-0.2, -0.15) is 0 Å². The topological polar surface area (TPSA) is 55.3 Å². The summed E-state index contributed by atoms with van der Waals surface area (Å²) in [5.74, 6) is 0.530. The van der Waals surface area contributed by atoms with Gasteiger partial charge in [-0.1, -0.05) is 23.7 Å². The lowest BCUT2D eigenvalue weighted by Crippen LogP contribution is -2.18. The summed E-state index contributed by atoms with van der Waals surface area (Å²) >= 11 is 6.16. The Morgan fingerprint density at radius 2 is 2.05 bits per heavy atom. The molecule has 2 rings (SSSR count). The van der Waals surface area contributed by atoms with Crippen molar-refractivity contribution in [2.45, 2.75) is 6.92 Å². The van der Waals surface area contributed by atoms with Gasteiger partial charge in [-0.15, -0.1) is 0 Å². The SMILES string of the molecule is CCOC(=O)c1cnc(-c2ccccc2Cl)nc1N(C)C. The van der Waals surface area contributed by atoms with Crippen molar-refractivity contribution in [3.8, 4) is 11.4 Å². The Bertz CT molecular complexity index is 659. The highest BCUT2D eigenvalue weighted by atomic mass is 35.5. The molecular weight excluding hydrogens is 290 g/mol. The first kappa shape index (κ1) is 15.3. The van der Waals surface area contributed by atoms with E-state index in [-0.39, 0.29) is 0 Å². The lowest BCUT2D eigenvalue weighted by Gasteiger charge is -2.16. The van der Waals surface area contributed by atoms with E-state index < -0.39 is 5.97 Å². The molecule has 6 heteroatoms. The van der Waals surface area contributed by atoms with Gasteiger partial charge in [0.2, 0.25) is 0 Å². The smallest absolute Gasteiger partial charge is 0.343 e. The maximum Gasteiger partial charge on any atom is 0.343 e. The molecule has 0 amide bonds. The fourth-order valence-corrected chi connectivity index (χ4v) is 2.06. The number of ether oxygens (including phenoxy) is 1. The van der Waals surface area contributed by atoms with Crippen LogP contribution in [0, 0.1) is 0 Å². The minimum absolute atomic E-state index is 0.304. The van der Waals surface area contributed by atoms with E-state index >= 15 is 0 Å². The third-order valence-corrected chi connectivity index (χ3v) is 3.13. The molecule has 110 valence electrons. The number of hydrogen-bond acceptors (Lipinski definition) is 5. The third-order valence-electron chi connectivity index (χ3n) is 2.80. The van der Waals surface area contributed by atoms with E-state index in [1.54, 1.807) is 32.0 Å². The number of benzene rings is 1. The van der Waals surface area contributed by atoms with Gasteiger partial charge < -0.3 is 9.64 Å². The lowest BCUT2D eigenvalue weighted by atomic mass is 10.2. The van der Waals surface area contributed by atoms with Crippen LogP contribution in [-0.4, -0.2) is 36.6 Å². The van der Waals surface area contributed by atoms with Crippen molar-refractivity contribution in [1.29, 1.82) is 0 Å². The van der Waals surface area contributed by atoms with E-state index in [0.717, 1.165) is 5.56 Å². The van der Waals surface area contributed by atoms with Gasteiger partial charge in [0.1, 0.15) is 11.4 Å². The second-order valence-corrected chi connectivity index (χ2v) is 4.93. The predicted octanol–water partition coefficient (Wildman–Crippen LogP) is 3.04. The standard InChI is InChI=1S/C15H16ClN3O2/c1-4-21-15(20)11-9-17-13(18-14(11)19(2)3)10-7-5-6-8-12(10)16/h5-9H,4H2,1-3H3. The molecule has 21 heavy (non-hydrogen) atoms. The van der Waals surface area contributed by atoms with Gasteiger partial charge in [-0.05, 0) is 19.1 Å². The van der Waals surface area contributed by atoms with Crippen LogP contribution in [0.2, 0.25) is 5.02 Å². The molecular formula is C15H16ClN3O2. The molecule has 0 saturated carbocycles. The van der Waals surface area contributed by atoms with Crippen LogP contribution in [0.3, 0.4) is 0 Å². The van der Waals surface area contributed by atoms with E-state index in [1.165, 1.54) is 6.20 Å². The maximum absolute atomic E-state index is 11.9. The predicted molar refractivity (Wildman–Crippen MR) is 82.8 cm³/mol. The number of carbonyl (C=O) groups excluding carboxylic acids is 1. The number of nitrogens with zero attached hydrogens (tertiary/aromatic N) is 3. The van der Waals surface area contributed by atoms with Gasteiger partial charge in [-0.3, -0.25) is 0 Å². The average molecular weight is 306 g/mol. The normalized spacial score (nSPS) is 10.3. The van der Waals surface area contributed by atoms with Crippen LogP contribution in [0.1, 0.15) is 17.3 Å². The highest BCUT2D eigenvalue weighted by Crippen LogP contribution is 2.27. The molecule has 0 aliphatic rings. The first-order valence-electron chi connectivity index (χ1n) is 6.51. The zero-order valence-corrected chi connectivity index (χ0v) is 12.9. The first-order chi connectivity index (χ1) is 10.0. The van der Waals surface area contributed by atoms with Crippen molar-refractivity contribution < 1.29 is 9.53 Å². The van der Waals surface area contributed by atoms with Crippen molar-refractivity contribution in [1.82, 2.24) is 9.97 Å². The van der Waals surface area contributed by atoms with Crippen molar-refractivity contribution in [2.75, 3.05) is 25.6 Å². The Labute approximate surface area is 128 Å². The largest absolute Gasteiger partial charge is 0.462 e. The first-order valence-corrected chi connectivity index (χ1v) is 6.88. The highest BCUT2D eigenvalue weighted by molar-refractivity contribution is 6.33. The number of halogens is 1. The minimum atomic E-state index is -0.438. The highest BCUT2D eigenvalue weighted by Gasteiger charge is 2.18. The van der Waals surface area contributed by atoms with Gasteiger partial charge >= 0.3 is 5.97 Å². The van der Waals surface area contributed by atoms with Crippen LogP contribution in [0.15, 0.2) is 30.5 Å². The molecule has 0 aliphatic heterocycles. The van der Waals surface area contributed by atoms with E-state index in [1.807, 2.05) is 18.2 Å². The molecule has 1 aromatic carbocycles. The molecule has 0 unspecified atom stereocenters. The van der Waals surface area contributed by atoms with E-state index in [9.17, 15) is 4.79 Å². The van der Waals surface area contributed by atoms with Crippen molar-refractivity contribution in [3.63, 3.8) is 0 Å². The summed E-state index contributed by atoms with van der Waals surface area (Å²) in [6.07, 6.45) is 1.47. The van der Waals surface area contributed by atoms with Gasteiger partial charge in [0, 0.05) is 25.9 Å². The van der Waals surface area contributed by atoms with Crippen LogP contribution in [0.5, 0.6) is 0 Å². The van der Waals surface area contributed by atoms with Crippen molar-refractivity contribution in [2.24, 2.45) is 0 Å². The van der Waals surface area contributed by atoms with E-state index in [2.05, 4.69) is 9.97 Å². The van der Waals surface area contributed by atoms with E-state index in [4.69, 9.17) is 16.3 Å². The number of esters is 1. The van der Waals surface area contributed by atoms with Crippen LogP contribution >= 0.6 is 11.6 Å². The summed E-state index contributed by atoms with van der Waals surface area (Å²) in [6, 6.07) is 7.31. The number of rotatable bonds is 4. The Hall–Kier alpha value is -2.14. The third kappa shape index (κ3) is 3.31. The van der Waals surface area contributed by atoms with Crippen LogP contribution in [-0.2, 0) is 4.74 Å². The maximum atomic E-state index is 11.9. The fraction of sp³-hybridized carbons (Fsp3) is 0.267. The summed E-state index contributed by atoms with van der Waals surface area (Å²) in [4.78, 5) is 22.3. The number of anilines is 1. The zero-order chi connectivity index (χ0) is 15.4. The van der Waals surface area contributed by atoms with Gasteiger partial charge in [-0.25, -0.2) is 14.8 Å². The second-order valence-electron chi connectivity index (χ2n) is 4.53. The summed E-state index contributed by atoms with van der Waals surface area (Å²) in [6.45, 7) is 2.06. The second kappa shape index (κ2) is 6.54. The molecule has 0 N–H and O–H groups in total. The molecule has 1 heterocycles. The fourth-order valence-electron chi connectivity index (χ4n) is 1.84. The van der Waals surface area contributed by atoms with Crippen molar-refractivity contribution >= 4 is 23.4 Å². The Balaban J connectivity index is 2.51. The summed E-state index contributed by atoms with van der Waals surface area (Å²) in [7, 11) is 3.61. The Morgan fingerprint density at radius 3 is 2.67 bits per heavy atom. The monoisotopic (exact) mass is 305 g/mol. The van der Waals surface area contributed by atoms with Crippen molar-refractivity contribution in [3.05, 3.63) is 41.0 Å². The Kier molecular flexibility index (Phi) is 4.75. The molecule has 0 saturated heterocycles. The minimum Gasteiger partial charge on any atom is -0.462 e. The average Bonchev–Trinajstić information content (AvgIpc) is 2.47. The zero-order valence-electron chi connectivity index (χ0n) is 12.1. The molecule has 0 spiro atoms. The summed E-state index contributed by atoms with van der Waals surface area (Å²) in [5, 5.41) is 0.561. The number of aromatic nitrogens is 2. The van der Waals surface area contributed by atoms with Crippen LogP contribution in [0.4, 0.5) is 5.82 Å². The summed E-state index contributed by atoms with van der Waals surface area (Å²) < 4.78 is 5.02.